The fourth-order valence-corrected chi connectivity index (χ4v) is 3.35. The van der Waals surface area contributed by atoms with Gasteiger partial charge in [0.2, 0.25) is 0 Å². The molecule has 2 heterocycles. The maximum absolute atomic E-state index is 12.8. The Hall–Kier alpha value is -1.81. The lowest BCUT2D eigenvalue weighted by Gasteiger charge is -2.33. The molecule has 2 aromatic rings. The summed E-state index contributed by atoms with van der Waals surface area (Å²) in [6.07, 6.45) is 2.35. The van der Waals surface area contributed by atoms with Gasteiger partial charge in [-0.25, -0.2) is 0 Å². The molecule has 110 valence electrons. The van der Waals surface area contributed by atoms with Gasteiger partial charge in [0.25, 0.3) is 5.91 Å². The van der Waals surface area contributed by atoms with E-state index in [2.05, 4.69) is 5.32 Å². The van der Waals surface area contributed by atoms with Crippen molar-refractivity contribution in [3.63, 3.8) is 0 Å². The molecule has 1 spiro atoms. The molecule has 1 amide bonds. The first-order valence-corrected chi connectivity index (χ1v) is 7.63. The number of nitrogens with zero attached hydrogens (tertiary/aromatic N) is 1. The minimum atomic E-state index is 0.0378. The molecule has 1 aliphatic carbocycles. The van der Waals surface area contributed by atoms with Crippen molar-refractivity contribution in [1.29, 1.82) is 0 Å². The minimum Gasteiger partial charge on any atom is -0.450 e. The Balaban J connectivity index is 1.71. The van der Waals surface area contributed by atoms with E-state index in [9.17, 15) is 4.79 Å². The molecule has 1 N–H and O–H groups in total. The van der Waals surface area contributed by atoms with Gasteiger partial charge in [0, 0.05) is 36.1 Å². The number of amides is 1. The maximum Gasteiger partial charge on any atom is 0.289 e. The van der Waals surface area contributed by atoms with E-state index in [4.69, 9.17) is 4.42 Å². The van der Waals surface area contributed by atoms with Crippen molar-refractivity contribution in [3.8, 4) is 0 Å². The van der Waals surface area contributed by atoms with Crippen LogP contribution in [0.1, 0.15) is 34.5 Å². The molecule has 4 nitrogen and oxygen atoms in total. The summed E-state index contributed by atoms with van der Waals surface area (Å²) in [6, 6.07) is 6.06. The molecule has 4 rings (SSSR count). The van der Waals surface area contributed by atoms with Gasteiger partial charge in [0.15, 0.2) is 5.76 Å². The highest BCUT2D eigenvalue weighted by atomic mass is 16.3. The molecule has 0 bridgehead atoms. The summed E-state index contributed by atoms with van der Waals surface area (Å²) in [5, 5.41) is 4.58. The molecule has 4 heteroatoms. The van der Waals surface area contributed by atoms with Crippen LogP contribution >= 0.6 is 0 Å². The van der Waals surface area contributed by atoms with Gasteiger partial charge in [-0.1, -0.05) is 18.2 Å². The predicted molar refractivity (Wildman–Crippen MR) is 81.6 cm³/mol. The van der Waals surface area contributed by atoms with Crippen LogP contribution in [0.25, 0.3) is 11.0 Å². The average molecular weight is 284 g/mol. The van der Waals surface area contributed by atoms with Gasteiger partial charge in [-0.3, -0.25) is 4.79 Å². The number of piperazine rings is 1. The molecular formula is C17H20N2O2. The lowest BCUT2D eigenvalue weighted by molar-refractivity contribution is 0.0660. The van der Waals surface area contributed by atoms with E-state index in [0.717, 1.165) is 41.7 Å². The second kappa shape index (κ2) is 4.34. The van der Waals surface area contributed by atoms with Crippen molar-refractivity contribution >= 4 is 16.9 Å². The summed E-state index contributed by atoms with van der Waals surface area (Å²) in [7, 11) is 0. The van der Waals surface area contributed by atoms with Crippen molar-refractivity contribution in [1.82, 2.24) is 10.2 Å². The molecule has 1 saturated heterocycles. The van der Waals surface area contributed by atoms with Crippen LogP contribution in [0.2, 0.25) is 0 Å². The monoisotopic (exact) mass is 284 g/mol. The Morgan fingerprint density at radius 1 is 1.33 bits per heavy atom. The number of hydrogen-bond donors (Lipinski definition) is 1. The number of carbonyl (C=O) groups excluding carboxylic acids is 1. The zero-order valence-corrected chi connectivity index (χ0v) is 12.5. The summed E-state index contributed by atoms with van der Waals surface area (Å²) >= 11 is 0. The Bertz CT molecular complexity index is 728. The molecule has 2 aliphatic rings. The second-order valence-corrected chi connectivity index (χ2v) is 6.44. The molecule has 0 atom stereocenters. The Morgan fingerprint density at radius 3 is 2.86 bits per heavy atom. The third kappa shape index (κ3) is 1.97. The van der Waals surface area contributed by atoms with Crippen LogP contribution in [0.3, 0.4) is 0 Å². The van der Waals surface area contributed by atoms with Gasteiger partial charge in [0.1, 0.15) is 5.58 Å². The topological polar surface area (TPSA) is 45.5 Å². The number of para-hydroxylation sites is 1. The summed E-state index contributed by atoms with van der Waals surface area (Å²) in [6.45, 7) is 6.44. The quantitative estimate of drug-likeness (QED) is 0.875. The third-order valence-corrected chi connectivity index (χ3v) is 4.87. The van der Waals surface area contributed by atoms with Crippen molar-refractivity contribution in [2.45, 2.75) is 32.2 Å². The molecule has 1 saturated carbocycles. The molecule has 2 fully saturated rings. The first kappa shape index (κ1) is 12.9. The molecule has 21 heavy (non-hydrogen) atoms. The molecular weight excluding hydrogens is 264 g/mol. The highest BCUT2D eigenvalue weighted by Gasteiger charge is 2.47. The number of nitrogens with one attached hydrogen (secondary N) is 1. The Kier molecular flexibility index (Phi) is 2.67. The Morgan fingerprint density at radius 2 is 2.14 bits per heavy atom. The largest absolute Gasteiger partial charge is 0.450 e. The summed E-state index contributed by atoms with van der Waals surface area (Å²) < 4.78 is 5.92. The standard InChI is InChI=1S/C17H20N2O2/c1-11-4-3-5-13-12(2)15(21-14(11)13)16(20)19-9-8-18-17(10-19)6-7-17/h3-5,18H,6-10H2,1-2H3. The molecule has 0 radical (unpaired) electrons. The van der Waals surface area contributed by atoms with E-state index < -0.39 is 0 Å². The number of fused-ring (bicyclic) bond motifs is 1. The molecule has 0 unspecified atom stereocenters. The van der Waals surface area contributed by atoms with Gasteiger partial charge >= 0.3 is 0 Å². The number of aryl methyl sites for hydroxylation is 2. The number of benzene rings is 1. The van der Waals surface area contributed by atoms with Crippen molar-refractivity contribution in [2.24, 2.45) is 0 Å². The van der Waals surface area contributed by atoms with Gasteiger partial charge in [-0.2, -0.15) is 0 Å². The van der Waals surface area contributed by atoms with Crippen LogP contribution < -0.4 is 5.32 Å². The maximum atomic E-state index is 12.8. The zero-order valence-electron chi connectivity index (χ0n) is 12.5. The SMILES string of the molecule is Cc1c(C(=O)N2CCNC3(CC3)C2)oc2c(C)cccc12. The van der Waals surface area contributed by atoms with E-state index in [1.807, 2.05) is 36.9 Å². The summed E-state index contributed by atoms with van der Waals surface area (Å²) in [5.74, 6) is 0.549. The van der Waals surface area contributed by atoms with Crippen molar-refractivity contribution < 1.29 is 9.21 Å². The van der Waals surface area contributed by atoms with E-state index in [0.29, 0.717) is 5.76 Å². The van der Waals surface area contributed by atoms with Crippen LogP contribution in [0.5, 0.6) is 0 Å². The van der Waals surface area contributed by atoms with Crippen LogP contribution in [-0.2, 0) is 0 Å². The highest BCUT2D eigenvalue weighted by molar-refractivity contribution is 5.99. The average Bonchev–Trinajstić information content (AvgIpc) is 3.13. The van der Waals surface area contributed by atoms with Gasteiger partial charge < -0.3 is 14.6 Å². The lowest BCUT2D eigenvalue weighted by atomic mass is 10.1. The fraction of sp³-hybridized carbons (Fsp3) is 0.471. The number of furan rings is 1. The third-order valence-electron chi connectivity index (χ3n) is 4.87. The van der Waals surface area contributed by atoms with E-state index >= 15 is 0 Å². The Labute approximate surface area is 124 Å². The van der Waals surface area contributed by atoms with Gasteiger partial charge in [-0.05, 0) is 32.3 Å². The number of rotatable bonds is 1. The van der Waals surface area contributed by atoms with Crippen LogP contribution in [0, 0.1) is 13.8 Å². The van der Waals surface area contributed by atoms with E-state index in [1.54, 1.807) is 0 Å². The lowest BCUT2D eigenvalue weighted by Crippen LogP contribution is -2.54. The predicted octanol–water partition coefficient (Wildman–Crippen LogP) is 2.63. The highest BCUT2D eigenvalue weighted by Crippen LogP contribution is 2.38. The van der Waals surface area contributed by atoms with E-state index in [-0.39, 0.29) is 11.4 Å². The smallest absolute Gasteiger partial charge is 0.289 e. The summed E-state index contributed by atoms with van der Waals surface area (Å²) in [5.41, 5.74) is 3.08. The van der Waals surface area contributed by atoms with E-state index in [1.165, 1.54) is 12.8 Å². The van der Waals surface area contributed by atoms with Crippen molar-refractivity contribution in [3.05, 3.63) is 35.1 Å². The van der Waals surface area contributed by atoms with Gasteiger partial charge in [0.05, 0.1) is 0 Å². The van der Waals surface area contributed by atoms with Crippen LogP contribution in [-0.4, -0.2) is 36.0 Å². The molecule has 1 aliphatic heterocycles. The fourth-order valence-electron chi connectivity index (χ4n) is 3.35. The van der Waals surface area contributed by atoms with Crippen LogP contribution in [0.15, 0.2) is 22.6 Å². The van der Waals surface area contributed by atoms with Crippen molar-refractivity contribution in [2.75, 3.05) is 19.6 Å². The first-order chi connectivity index (χ1) is 10.1. The molecule has 1 aromatic heterocycles. The molecule has 1 aromatic carbocycles. The van der Waals surface area contributed by atoms with Crippen LogP contribution in [0.4, 0.5) is 0 Å². The number of hydrogen-bond acceptors (Lipinski definition) is 3. The first-order valence-electron chi connectivity index (χ1n) is 7.63. The zero-order chi connectivity index (χ0) is 14.6. The normalized spacial score (nSPS) is 20.2. The number of carbonyl (C=O) groups is 1. The minimum absolute atomic E-state index is 0.0378. The second-order valence-electron chi connectivity index (χ2n) is 6.44. The van der Waals surface area contributed by atoms with Gasteiger partial charge in [-0.15, -0.1) is 0 Å². The summed E-state index contributed by atoms with van der Waals surface area (Å²) in [4.78, 5) is 14.8.